The van der Waals surface area contributed by atoms with Gasteiger partial charge in [-0.05, 0) is 42.8 Å². The molecule has 24 heavy (non-hydrogen) atoms. The van der Waals surface area contributed by atoms with Crippen molar-refractivity contribution in [2.24, 2.45) is 0 Å². The number of carbonyl (C=O) groups is 1. The molecule has 2 aromatic rings. The third-order valence-electron chi connectivity index (χ3n) is 3.83. The molecule has 1 amide bonds. The number of methoxy groups -OCH3 is 1. The van der Waals surface area contributed by atoms with Gasteiger partial charge in [0, 0.05) is 5.56 Å². The predicted molar refractivity (Wildman–Crippen MR) is 86.3 cm³/mol. The van der Waals surface area contributed by atoms with E-state index in [2.05, 4.69) is 5.32 Å². The number of halogens is 1. The van der Waals surface area contributed by atoms with Crippen molar-refractivity contribution in [1.29, 1.82) is 0 Å². The summed E-state index contributed by atoms with van der Waals surface area (Å²) >= 11 is 0. The van der Waals surface area contributed by atoms with Crippen LogP contribution in [0.4, 0.5) is 4.39 Å². The lowest BCUT2D eigenvalue weighted by atomic mass is 10.1. The summed E-state index contributed by atoms with van der Waals surface area (Å²) in [6.45, 7) is 2.88. The number of carbonyl (C=O) groups excluding carboxylic acids is 1. The summed E-state index contributed by atoms with van der Waals surface area (Å²) in [5, 5.41) is 2.84. The minimum Gasteiger partial charge on any atom is -0.494 e. The van der Waals surface area contributed by atoms with E-state index in [0.29, 0.717) is 24.7 Å². The molecule has 1 N–H and O–H groups in total. The smallest absolute Gasteiger partial charge is 0.251 e. The molecule has 1 atom stereocenters. The molecule has 0 spiro atoms. The fourth-order valence-electron chi connectivity index (χ4n) is 2.50. The van der Waals surface area contributed by atoms with Crippen LogP contribution >= 0.6 is 0 Å². The number of benzene rings is 2. The van der Waals surface area contributed by atoms with E-state index in [0.717, 1.165) is 11.6 Å². The average Bonchev–Trinajstić information content (AvgIpc) is 2.61. The molecule has 5 nitrogen and oxygen atoms in total. The van der Waals surface area contributed by atoms with Crippen LogP contribution in [0.15, 0.2) is 36.4 Å². The minimum atomic E-state index is -0.572. The summed E-state index contributed by atoms with van der Waals surface area (Å²) < 4.78 is 29.6. The molecular formula is C18H18FNO4. The largest absolute Gasteiger partial charge is 0.494 e. The van der Waals surface area contributed by atoms with Crippen LogP contribution in [0.25, 0.3) is 0 Å². The van der Waals surface area contributed by atoms with E-state index in [1.54, 1.807) is 0 Å². The first-order chi connectivity index (χ1) is 11.6. The lowest BCUT2D eigenvalue weighted by Crippen LogP contribution is -2.27. The maximum Gasteiger partial charge on any atom is 0.251 e. The SMILES string of the molecule is COc1ccc(C(=O)N[C@@H](C)c2ccc3c(c2)OCCO3)cc1F. The Hall–Kier alpha value is -2.76. The molecule has 2 aromatic carbocycles. The molecule has 0 radical (unpaired) electrons. The number of fused-ring (bicyclic) bond motifs is 1. The molecule has 0 saturated heterocycles. The molecule has 0 aliphatic carbocycles. The fraction of sp³-hybridized carbons (Fsp3) is 0.278. The van der Waals surface area contributed by atoms with Gasteiger partial charge in [-0.15, -0.1) is 0 Å². The van der Waals surface area contributed by atoms with Crippen LogP contribution in [0.5, 0.6) is 17.2 Å². The van der Waals surface area contributed by atoms with Crippen LogP contribution in [-0.4, -0.2) is 26.2 Å². The van der Waals surface area contributed by atoms with Crippen molar-refractivity contribution in [3.63, 3.8) is 0 Å². The van der Waals surface area contributed by atoms with Crippen LogP contribution in [0.2, 0.25) is 0 Å². The van der Waals surface area contributed by atoms with Gasteiger partial charge >= 0.3 is 0 Å². The topological polar surface area (TPSA) is 56.8 Å². The van der Waals surface area contributed by atoms with E-state index >= 15 is 0 Å². The second-order valence-corrected chi connectivity index (χ2v) is 5.45. The lowest BCUT2D eigenvalue weighted by Gasteiger charge is -2.21. The van der Waals surface area contributed by atoms with Crippen LogP contribution in [0.1, 0.15) is 28.9 Å². The second-order valence-electron chi connectivity index (χ2n) is 5.45. The molecule has 0 aromatic heterocycles. The van der Waals surface area contributed by atoms with Gasteiger partial charge in [-0.3, -0.25) is 4.79 Å². The minimum absolute atomic E-state index is 0.103. The molecule has 1 aliphatic rings. The highest BCUT2D eigenvalue weighted by atomic mass is 19.1. The first kappa shape index (κ1) is 16.1. The van der Waals surface area contributed by atoms with Gasteiger partial charge in [-0.2, -0.15) is 0 Å². The zero-order valence-corrected chi connectivity index (χ0v) is 13.5. The van der Waals surface area contributed by atoms with Gasteiger partial charge in [0.25, 0.3) is 5.91 Å². The van der Waals surface area contributed by atoms with Gasteiger partial charge < -0.3 is 19.5 Å². The van der Waals surface area contributed by atoms with Crippen molar-refractivity contribution in [3.8, 4) is 17.2 Å². The van der Waals surface area contributed by atoms with E-state index in [1.165, 1.54) is 19.2 Å². The van der Waals surface area contributed by atoms with Gasteiger partial charge in [0.2, 0.25) is 0 Å². The number of rotatable bonds is 4. The predicted octanol–water partition coefficient (Wildman–Crippen LogP) is 3.10. The molecule has 0 unspecified atom stereocenters. The second kappa shape index (κ2) is 6.78. The Morgan fingerprint density at radius 3 is 2.62 bits per heavy atom. The summed E-state index contributed by atoms with van der Waals surface area (Å²) in [6.07, 6.45) is 0. The molecule has 1 heterocycles. The maximum atomic E-state index is 13.7. The first-order valence-electron chi connectivity index (χ1n) is 7.62. The van der Waals surface area contributed by atoms with E-state index in [9.17, 15) is 9.18 Å². The van der Waals surface area contributed by atoms with Crippen LogP contribution in [-0.2, 0) is 0 Å². The van der Waals surface area contributed by atoms with E-state index < -0.39 is 5.82 Å². The standard InChI is InChI=1S/C18H18FNO4/c1-11(12-3-6-16-17(10-12)24-8-7-23-16)20-18(21)13-4-5-15(22-2)14(19)9-13/h3-6,9-11H,7-8H2,1-2H3,(H,20,21)/t11-/m0/s1. The molecule has 0 fully saturated rings. The molecular weight excluding hydrogens is 313 g/mol. The van der Waals surface area contributed by atoms with Gasteiger partial charge in [0.15, 0.2) is 23.1 Å². The summed E-state index contributed by atoms with van der Waals surface area (Å²) in [6, 6.07) is 9.37. The molecule has 3 rings (SSSR count). The third-order valence-corrected chi connectivity index (χ3v) is 3.83. The monoisotopic (exact) mass is 331 g/mol. The van der Waals surface area contributed by atoms with Gasteiger partial charge in [-0.25, -0.2) is 4.39 Å². The van der Waals surface area contributed by atoms with Crippen molar-refractivity contribution in [2.75, 3.05) is 20.3 Å². The van der Waals surface area contributed by atoms with Gasteiger partial charge in [0.05, 0.1) is 13.2 Å². The highest BCUT2D eigenvalue weighted by Crippen LogP contribution is 2.32. The quantitative estimate of drug-likeness (QED) is 0.935. The Balaban J connectivity index is 1.73. The Morgan fingerprint density at radius 2 is 1.92 bits per heavy atom. The third kappa shape index (κ3) is 3.27. The first-order valence-corrected chi connectivity index (χ1v) is 7.62. The Morgan fingerprint density at radius 1 is 1.17 bits per heavy atom. The number of hydrogen-bond donors (Lipinski definition) is 1. The highest BCUT2D eigenvalue weighted by molar-refractivity contribution is 5.94. The Labute approximate surface area is 139 Å². The molecule has 1 aliphatic heterocycles. The molecule has 0 saturated carbocycles. The zero-order valence-electron chi connectivity index (χ0n) is 13.5. The number of ether oxygens (including phenoxy) is 3. The molecule has 6 heteroatoms. The highest BCUT2D eigenvalue weighted by Gasteiger charge is 2.17. The van der Waals surface area contributed by atoms with Crippen molar-refractivity contribution in [1.82, 2.24) is 5.32 Å². The van der Waals surface area contributed by atoms with E-state index in [-0.39, 0.29) is 23.3 Å². The zero-order chi connectivity index (χ0) is 17.1. The number of nitrogens with one attached hydrogen (secondary N) is 1. The van der Waals surface area contributed by atoms with Crippen molar-refractivity contribution >= 4 is 5.91 Å². The summed E-state index contributed by atoms with van der Waals surface area (Å²) in [4.78, 5) is 12.3. The van der Waals surface area contributed by atoms with E-state index in [1.807, 2.05) is 25.1 Å². The lowest BCUT2D eigenvalue weighted by molar-refractivity contribution is 0.0939. The maximum absolute atomic E-state index is 13.7. The van der Waals surface area contributed by atoms with Crippen molar-refractivity contribution in [2.45, 2.75) is 13.0 Å². The van der Waals surface area contributed by atoms with Gasteiger partial charge in [0.1, 0.15) is 13.2 Å². The Kier molecular flexibility index (Phi) is 4.55. The van der Waals surface area contributed by atoms with Crippen LogP contribution in [0.3, 0.4) is 0 Å². The summed E-state index contributed by atoms with van der Waals surface area (Å²) in [5.74, 6) is 0.526. The summed E-state index contributed by atoms with van der Waals surface area (Å²) in [5.41, 5.74) is 1.11. The fourth-order valence-corrected chi connectivity index (χ4v) is 2.50. The van der Waals surface area contributed by atoms with Crippen LogP contribution in [0, 0.1) is 5.82 Å². The van der Waals surface area contributed by atoms with Crippen LogP contribution < -0.4 is 19.5 Å². The Bertz CT molecular complexity index is 763. The van der Waals surface area contributed by atoms with Gasteiger partial charge in [-0.1, -0.05) is 6.07 Å². The van der Waals surface area contributed by atoms with E-state index in [4.69, 9.17) is 14.2 Å². The van der Waals surface area contributed by atoms with Crippen molar-refractivity contribution in [3.05, 3.63) is 53.3 Å². The van der Waals surface area contributed by atoms with Crippen molar-refractivity contribution < 1.29 is 23.4 Å². The molecule has 0 bridgehead atoms. The average molecular weight is 331 g/mol. The normalized spacial score (nSPS) is 14.0. The number of hydrogen-bond acceptors (Lipinski definition) is 4. The number of amides is 1. The summed E-state index contributed by atoms with van der Waals surface area (Å²) in [7, 11) is 1.38. The molecule has 126 valence electrons.